The maximum absolute atomic E-state index is 12.9. The maximum Gasteiger partial charge on any atom is 0.323 e. The van der Waals surface area contributed by atoms with Gasteiger partial charge in [0.25, 0.3) is 0 Å². The number of nitrogens with zero attached hydrogens (tertiary/aromatic N) is 1. The highest BCUT2D eigenvalue weighted by Crippen LogP contribution is 2.18. The molecule has 1 rings (SSSR count). The van der Waals surface area contributed by atoms with E-state index in [0.717, 1.165) is 90.0 Å². The third kappa shape index (κ3) is 32.3. The first-order valence-electron chi connectivity index (χ1n) is 23.6. The molecule has 57 heavy (non-hydrogen) atoms. The van der Waals surface area contributed by atoms with Crippen molar-refractivity contribution in [1.29, 1.82) is 0 Å². The number of likely N-dealkylation sites (tertiary alicyclic amines) is 1. The van der Waals surface area contributed by atoms with Gasteiger partial charge in [0.05, 0.1) is 12.3 Å². The molecule has 0 saturated carbocycles. The van der Waals surface area contributed by atoms with Crippen LogP contribution in [-0.4, -0.2) is 81.8 Å². The Balaban J connectivity index is 2.48. The molecule has 1 saturated heterocycles. The van der Waals surface area contributed by atoms with Gasteiger partial charge in [-0.15, -0.1) is 0 Å². The first-order valence-corrected chi connectivity index (χ1v) is 23.6. The molecule has 0 bridgehead atoms. The summed E-state index contributed by atoms with van der Waals surface area (Å²) in [6.07, 6.45) is 37.8. The van der Waals surface area contributed by atoms with E-state index in [0.29, 0.717) is 26.1 Å². The van der Waals surface area contributed by atoms with Gasteiger partial charge >= 0.3 is 17.9 Å². The van der Waals surface area contributed by atoms with Gasteiger partial charge in [0.1, 0.15) is 25.9 Å². The third-order valence-corrected chi connectivity index (χ3v) is 10.7. The average molecular weight is 806 g/mol. The van der Waals surface area contributed by atoms with Crippen LogP contribution in [0.3, 0.4) is 0 Å². The molecule has 1 heterocycles. The van der Waals surface area contributed by atoms with Crippen molar-refractivity contribution in [2.75, 3.05) is 46.6 Å². The van der Waals surface area contributed by atoms with E-state index < -0.39 is 12.2 Å². The second-order valence-electron chi connectivity index (χ2n) is 16.2. The summed E-state index contributed by atoms with van der Waals surface area (Å²) in [5, 5.41) is 0. The molecule has 1 aliphatic rings. The summed E-state index contributed by atoms with van der Waals surface area (Å²) in [7, 11) is 1.93. The van der Waals surface area contributed by atoms with Gasteiger partial charge in [-0.1, -0.05) is 141 Å². The van der Waals surface area contributed by atoms with Gasteiger partial charge in [-0.05, 0) is 77.8 Å². The molecule has 9 nitrogen and oxygen atoms in total. The van der Waals surface area contributed by atoms with Crippen LogP contribution in [0.1, 0.15) is 201 Å². The number of unbranched alkanes of at least 4 members (excludes halogenated alkanes) is 18. The van der Waals surface area contributed by atoms with Crippen molar-refractivity contribution in [2.45, 2.75) is 213 Å². The zero-order valence-corrected chi connectivity index (χ0v) is 37.3. The Bertz CT molecular complexity index is 998. The van der Waals surface area contributed by atoms with Crippen LogP contribution in [0.4, 0.5) is 0 Å². The average Bonchev–Trinajstić information content (AvgIpc) is 3.65. The fraction of sp³-hybridized carbons (Fsp3) is 0.854. The Kier molecular flexibility index (Phi) is 36.3. The molecule has 0 radical (unpaired) electrons. The number of carbonyl (C=O) groups excluding carboxylic acids is 3. The monoisotopic (exact) mass is 806 g/mol. The van der Waals surface area contributed by atoms with E-state index in [2.05, 4.69) is 45.1 Å². The number of ether oxygens (including phenoxy) is 5. The molecule has 9 heteroatoms. The number of esters is 3. The molecule has 2 unspecified atom stereocenters. The van der Waals surface area contributed by atoms with Gasteiger partial charge in [0.2, 0.25) is 0 Å². The smallest absolute Gasteiger partial charge is 0.323 e. The molecule has 1 fully saturated rings. The molecular weight excluding hydrogens is 719 g/mol. The number of carbonyl (C=O) groups is 3. The Labute approximate surface area is 349 Å². The van der Waals surface area contributed by atoms with Gasteiger partial charge in [-0.25, -0.2) is 0 Å². The highest BCUT2D eigenvalue weighted by molar-refractivity contribution is 5.76. The quantitative estimate of drug-likeness (QED) is 0.0197. The van der Waals surface area contributed by atoms with Gasteiger partial charge in [-0.2, -0.15) is 0 Å². The van der Waals surface area contributed by atoms with Crippen LogP contribution < -0.4 is 0 Å². The largest absolute Gasteiger partial charge is 0.465 e. The van der Waals surface area contributed by atoms with E-state index in [1.807, 2.05) is 11.9 Å². The van der Waals surface area contributed by atoms with Crippen molar-refractivity contribution < 1.29 is 38.1 Å². The lowest BCUT2D eigenvalue weighted by molar-refractivity contribution is -0.162. The lowest BCUT2D eigenvalue weighted by Crippen LogP contribution is -2.36. The molecule has 1 aliphatic heterocycles. The van der Waals surface area contributed by atoms with Crippen molar-refractivity contribution in [3.8, 4) is 0 Å². The van der Waals surface area contributed by atoms with E-state index >= 15 is 0 Å². The van der Waals surface area contributed by atoms with Gasteiger partial charge in [0, 0.05) is 26.1 Å². The molecule has 0 N–H and O–H groups in total. The number of likely N-dealkylation sites (N-methyl/N-ethyl adjacent to an activating group) is 1. The number of hydrogen-bond acceptors (Lipinski definition) is 9. The standard InChI is InChI=1S/C48H87NO8/c1-5-8-11-14-17-18-19-20-21-22-23-24-25-26-29-34-45(50)55-40-43(42-57-48(52)44-33-32-37-49(44)4)41-56-46(51)35-36-47(53-38-30-27-15-12-9-6-2)54-39-31-28-16-13-10-7-3/h17-18,20-21,43-44,47H,5-16,19,22-42H2,1-4H3. The molecule has 2 atom stereocenters. The van der Waals surface area contributed by atoms with Crippen molar-refractivity contribution >= 4 is 17.9 Å². The van der Waals surface area contributed by atoms with E-state index in [1.165, 1.54) is 77.0 Å². The highest BCUT2D eigenvalue weighted by Gasteiger charge is 2.30. The Morgan fingerprint density at radius 1 is 0.579 bits per heavy atom. The SMILES string of the molecule is CCCCCC=CCC=CCCCCCCCC(=O)OCC(COC(=O)CCC(OCCCCCCCC)OCCCCCCCC)COC(=O)C1CCCN1C. The topological polar surface area (TPSA) is 101 Å². The molecule has 0 amide bonds. The number of allylic oxidation sites excluding steroid dienone is 4. The van der Waals surface area contributed by atoms with E-state index in [1.54, 1.807) is 0 Å². The zero-order valence-electron chi connectivity index (χ0n) is 37.3. The fourth-order valence-electron chi connectivity index (χ4n) is 6.94. The van der Waals surface area contributed by atoms with Gasteiger partial charge in [-0.3, -0.25) is 19.3 Å². The molecule has 0 aromatic rings. The molecule has 332 valence electrons. The van der Waals surface area contributed by atoms with Crippen molar-refractivity contribution in [3.63, 3.8) is 0 Å². The number of rotatable bonds is 40. The van der Waals surface area contributed by atoms with Crippen molar-refractivity contribution in [3.05, 3.63) is 24.3 Å². The summed E-state index contributed by atoms with van der Waals surface area (Å²) in [6.45, 7) is 8.84. The first kappa shape index (κ1) is 52.8. The molecule has 0 aromatic carbocycles. The number of hydrogen-bond donors (Lipinski definition) is 0. The summed E-state index contributed by atoms with van der Waals surface area (Å²) < 4.78 is 29.1. The summed E-state index contributed by atoms with van der Waals surface area (Å²) in [5.74, 6) is -1.36. The van der Waals surface area contributed by atoms with Crippen LogP contribution in [0.5, 0.6) is 0 Å². The van der Waals surface area contributed by atoms with Gasteiger partial charge in [0.15, 0.2) is 6.29 Å². The molecular formula is C48H87NO8. The van der Waals surface area contributed by atoms with Crippen LogP contribution in [0.2, 0.25) is 0 Å². The summed E-state index contributed by atoms with van der Waals surface area (Å²) in [6, 6.07) is -0.265. The normalized spacial score (nSPS) is 15.3. The second kappa shape index (κ2) is 39.2. The molecule has 0 aromatic heterocycles. The molecule has 0 spiro atoms. The minimum Gasteiger partial charge on any atom is -0.465 e. The van der Waals surface area contributed by atoms with Crippen LogP contribution in [0.15, 0.2) is 24.3 Å². The first-order chi connectivity index (χ1) is 27.9. The predicted molar refractivity (Wildman–Crippen MR) is 233 cm³/mol. The third-order valence-electron chi connectivity index (χ3n) is 10.7. The molecule has 0 aliphatic carbocycles. The van der Waals surface area contributed by atoms with Crippen molar-refractivity contribution in [2.24, 2.45) is 5.92 Å². The summed E-state index contributed by atoms with van der Waals surface area (Å²) in [4.78, 5) is 40.4. The fourth-order valence-corrected chi connectivity index (χ4v) is 6.94. The minimum absolute atomic E-state index is 0.00545. The van der Waals surface area contributed by atoms with E-state index in [9.17, 15) is 14.4 Å². The van der Waals surface area contributed by atoms with Crippen molar-refractivity contribution in [1.82, 2.24) is 4.90 Å². The minimum atomic E-state index is -0.445. The lowest BCUT2D eigenvalue weighted by atomic mass is 10.1. The second-order valence-corrected chi connectivity index (χ2v) is 16.2. The Hall–Kier alpha value is -2.23. The van der Waals surface area contributed by atoms with Crippen LogP contribution in [0.25, 0.3) is 0 Å². The Morgan fingerprint density at radius 3 is 1.61 bits per heavy atom. The van der Waals surface area contributed by atoms with Crippen LogP contribution >= 0.6 is 0 Å². The highest BCUT2D eigenvalue weighted by atomic mass is 16.7. The summed E-state index contributed by atoms with van der Waals surface area (Å²) in [5.41, 5.74) is 0. The van der Waals surface area contributed by atoms with Gasteiger partial charge < -0.3 is 23.7 Å². The van der Waals surface area contributed by atoms with E-state index in [-0.39, 0.29) is 50.2 Å². The van der Waals surface area contributed by atoms with Crippen LogP contribution in [0, 0.1) is 5.92 Å². The summed E-state index contributed by atoms with van der Waals surface area (Å²) >= 11 is 0. The van der Waals surface area contributed by atoms with E-state index in [4.69, 9.17) is 23.7 Å². The maximum atomic E-state index is 12.9. The zero-order chi connectivity index (χ0) is 41.4. The van der Waals surface area contributed by atoms with Crippen LogP contribution in [-0.2, 0) is 38.1 Å². The predicted octanol–water partition coefficient (Wildman–Crippen LogP) is 12.0. The lowest BCUT2D eigenvalue weighted by Gasteiger charge is -2.21. The Morgan fingerprint density at radius 2 is 1.05 bits per heavy atom.